The lowest BCUT2D eigenvalue weighted by Gasteiger charge is -2.46. The van der Waals surface area contributed by atoms with Gasteiger partial charge in [-0.15, -0.1) is 9.46 Å². The maximum absolute atomic E-state index is 14.8. The first-order chi connectivity index (χ1) is 25.4. The van der Waals surface area contributed by atoms with E-state index in [1.54, 1.807) is 27.3 Å². The van der Waals surface area contributed by atoms with E-state index >= 15 is 0 Å². The van der Waals surface area contributed by atoms with Crippen molar-refractivity contribution < 1.29 is 32.7 Å². The van der Waals surface area contributed by atoms with Gasteiger partial charge in [-0.25, -0.2) is 4.21 Å². The summed E-state index contributed by atoms with van der Waals surface area (Å²) in [6.07, 6.45) is 10.0. The highest BCUT2D eigenvalue weighted by Crippen LogP contribution is 2.47. The summed E-state index contributed by atoms with van der Waals surface area (Å²) in [6.45, 7) is 6.02. The van der Waals surface area contributed by atoms with Crippen molar-refractivity contribution in [1.82, 2.24) is 14.5 Å². The Morgan fingerprint density at radius 1 is 1.08 bits per heavy atom. The van der Waals surface area contributed by atoms with Gasteiger partial charge >= 0.3 is 0 Å². The van der Waals surface area contributed by atoms with Crippen LogP contribution in [-0.2, 0) is 38.3 Å². The number of nitrogens with one attached hydrogen (secondary N) is 1. The van der Waals surface area contributed by atoms with Crippen LogP contribution in [0.25, 0.3) is 0 Å². The zero-order valence-electron chi connectivity index (χ0n) is 31.5. The fraction of sp³-hybridized carbons (Fsp3) is 0.525. The molecule has 53 heavy (non-hydrogen) atoms. The van der Waals surface area contributed by atoms with Crippen LogP contribution in [0.2, 0.25) is 0 Å². The summed E-state index contributed by atoms with van der Waals surface area (Å²) in [5.41, 5.74) is 4.89. The number of carbonyl (C=O) groups excluding carboxylic acids is 2. The smallest absolute Gasteiger partial charge is 0.286 e. The molecule has 3 aromatic rings. The number of carbonyl (C=O) groups is 2. The van der Waals surface area contributed by atoms with Gasteiger partial charge in [0.1, 0.15) is 21.2 Å². The van der Waals surface area contributed by atoms with Crippen LogP contribution in [0.1, 0.15) is 70.0 Å². The second-order valence-electron chi connectivity index (χ2n) is 15.3. The van der Waals surface area contributed by atoms with Gasteiger partial charge in [-0.3, -0.25) is 19.0 Å². The average molecular weight is 746 g/mol. The Kier molecular flexibility index (Phi) is 10.4. The summed E-state index contributed by atoms with van der Waals surface area (Å²) in [6, 6.07) is 12.1. The average Bonchev–Trinajstić information content (AvgIpc) is 3.44. The van der Waals surface area contributed by atoms with E-state index in [1.807, 2.05) is 25.1 Å². The number of aromatic nitrogens is 2. The molecular weight excluding hydrogens is 695 g/mol. The molecule has 2 aliphatic carbocycles. The van der Waals surface area contributed by atoms with E-state index in [9.17, 15) is 13.8 Å². The van der Waals surface area contributed by atoms with Crippen molar-refractivity contribution in [3.8, 4) is 11.6 Å². The van der Waals surface area contributed by atoms with Crippen LogP contribution in [0.15, 0.2) is 59.1 Å². The Balaban J connectivity index is 1.33. The molecule has 12 nitrogen and oxygen atoms in total. The molecule has 1 aromatic heterocycles. The second-order valence-corrected chi connectivity index (χ2v) is 17.3. The molecule has 1 fully saturated rings. The number of benzene rings is 2. The summed E-state index contributed by atoms with van der Waals surface area (Å²) in [4.78, 5) is 30.2. The van der Waals surface area contributed by atoms with Gasteiger partial charge in [-0.1, -0.05) is 42.8 Å². The maximum atomic E-state index is 14.8. The first kappa shape index (κ1) is 37.1. The first-order valence-corrected chi connectivity index (χ1v) is 20.2. The Morgan fingerprint density at radius 2 is 1.87 bits per heavy atom. The summed E-state index contributed by atoms with van der Waals surface area (Å²) in [5, 5.41) is 4.16. The maximum Gasteiger partial charge on any atom is 0.286 e. The third kappa shape index (κ3) is 7.35. The normalized spacial score (nSPS) is 30.5. The van der Waals surface area contributed by atoms with Gasteiger partial charge in [0.15, 0.2) is 0 Å². The third-order valence-corrected chi connectivity index (χ3v) is 13.6. The molecule has 13 heteroatoms. The number of fused-ring (bicyclic) bond motifs is 4. The summed E-state index contributed by atoms with van der Waals surface area (Å²) >= 11 is 0. The third-order valence-electron chi connectivity index (χ3n) is 11.6. The van der Waals surface area contributed by atoms with Crippen LogP contribution in [-0.4, -0.2) is 84.8 Å². The number of ether oxygens (including phenoxy) is 4. The van der Waals surface area contributed by atoms with Crippen molar-refractivity contribution in [3.05, 3.63) is 82.6 Å². The quantitative estimate of drug-likeness (QED) is 0.340. The Hall–Kier alpha value is -4.20. The van der Waals surface area contributed by atoms with Crippen LogP contribution < -0.4 is 19.1 Å². The molecule has 7 rings (SSSR count). The van der Waals surface area contributed by atoms with E-state index in [-0.39, 0.29) is 40.2 Å². The molecule has 4 aliphatic rings. The molecule has 0 unspecified atom stereocenters. The zero-order chi connectivity index (χ0) is 37.5. The molecule has 0 radical (unpaired) electrons. The van der Waals surface area contributed by atoms with Crippen molar-refractivity contribution in [2.45, 2.75) is 63.6 Å². The van der Waals surface area contributed by atoms with Crippen LogP contribution in [0.4, 0.5) is 5.69 Å². The number of rotatable bonds is 5. The highest BCUT2D eigenvalue weighted by atomic mass is 32.2. The number of hydrogen-bond acceptors (Lipinski definition) is 9. The van der Waals surface area contributed by atoms with Crippen molar-refractivity contribution >= 4 is 27.4 Å². The predicted octanol–water partition coefficient (Wildman–Crippen LogP) is 5.43. The predicted molar refractivity (Wildman–Crippen MR) is 203 cm³/mol. The molecule has 2 bridgehead atoms. The highest BCUT2D eigenvalue weighted by Gasteiger charge is 2.44. The lowest BCUT2D eigenvalue weighted by Crippen LogP contribution is -2.49. The molecule has 7 atom stereocenters. The van der Waals surface area contributed by atoms with Crippen LogP contribution >= 0.6 is 0 Å². The molecule has 284 valence electrons. The van der Waals surface area contributed by atoms with E-state index in [0.717, 1.165) is 50.9 Å². The second kappa shape index (κ2) is 14.9. The van der Waals surface area contributed by atoms with Gasteiger partial charge in [-0.2, -0.15) is 0 Å². The minimum Gasteiger partial charge on any atom is -0.490 e. The highest BCUT2D eigenvalue weighted by molar-refractivity contribution is 7.92. The molecule has 2 aromatic carbocycles. The molecular formula is C40H51N5O7S. The summed E-state index contributed by atoms with van der Waals surface area (Å²) < 4.78 is 47.0. The Morgan fingerprint density at radius 3 is 2.60 bits per heavy atom. The lowest BCUT2D eigenvalue weighted by molar-refractivity contribution is 0.0120. The number of nitrogens with zero attached hydrogens (tertiary/aromatic N) is 4. The SMILES string of the molecule is COc1nn(C)cc1C(=O)N[S@@]1(=O)=NC(=O)c2ccc3c(c2)N(C[C@@H]2CC[C@H]2[C@@H](OC)/C=C/[C@H](OC)[C@H](C)C1)C[C@@]1(CCCc2cc(C)ccc21)CO3. The van der Waals surface area contributed by atoms with E-state index in [2.05, 4.69) is 50.3 Å². The zero-order valence-corrected chi connectivity index (χ0v) is 32.3. The van der Waals surface area contributed by atoms with E-state index < -0.39 is 33.8 Å². The van der Waals surface area contributed by atoms with Crippen molar-refractivity contribution in [2.75, 3.05) is 51.7 Å². The number of methoxy groups -OCH3 is 3. The molecule has 3 heterocycles. The number of amides is 2. The summed E-state index contributed by atoms with van der Waals surface area (Å²) in [5.74, 6) is -0.576. The van der Waals surface area contributed by atoms with Gasteiger partial charge < -0.3 is 23.8 Å². The molecule has 2 aliphatic heterocycles. The lowest BCUT2D eigenvalue weighted by atomic mass is 9.68. The standard InChI is InChI=1S/C40H51N5O7S/c1-25-9-13-32-27(18-25)8-7-17-40(32)23-45-20-29-10-12-30(29)35(50-5)16-15-34(49-4)26(2)22-53(48,43-38(47)31-21-44(3)41-39(31)51-6)42-37(46)28-11-14-36(52-24-40)33(45)19-28/h9,11,13-16,18-19,21,26,29-30,34-35H,7-8,10,12,17,20,22-24H2,1-6H3,(H,42,43,46,47,48)/b16-15+/t26-,29+,30-,34+,35+,40+,53+/m1/s1. The molecule has 1 N–H and O–H groups in total. The van der Waals surface area contributed by atoms with Crippen LogP contribution in [0, 0.1) is 24.7 Å². The van der Waals surface area contributed by atoms with E-state index in [4.69, 9.17) is 18.9 Å². The van der Waals surface area contributed by atoms with Gasteiger partial charge in [0.05, 0.1) is 37.4 Å². The number of aryl methyl sites for hydroxylation is 3. The minimum atomic E-state index is -3.71. The van der Waals surface area contributed by atoms with Gasteiger partial charge in [0.2, 0.25) is 5.88 Å². The van der Waals surface area contributed by atoms with Crippen molar-refractivity contribution in [3.63, 3.8) is 0 Å². The Bertz CT molecular complexity index is 2040. The monoisotopic (exact) mass is 745 g/mol. The van der Waals surface area contributed by atoms with Gasteiger partial charge in [-0.05, 0) is 86.1 Å². The number of anilines is 1. The molecule has 1 saturated carbocycles. The van der Waals surface area contributed by atoms with E-state index in [0.29, 0.717) is 18.3 Å². The van der Waals surface area contributed by atoms with Gasteiger partial charge in [0, 0.05) is 51.5 Å². The molecule has 2 amide bonds. The molecule has 1 spiro atoms. The van der Waals surface area contributed by atoms with E-state index in [1.165, 1.54) is 34.7 Å². The Labute approximate surface area is 312 Å². The van der Waals surface area contributed by atoms with Crippen LogP contribution in [0.5, 0.6) is 11.6 Å². The first-order valence-electron chi connectivity index (χ1n) is 18.5. The fourth-order valence-electron chi connectivity index (χ4n) is 8.77. The van der Waals surface area contributed by atoms with Gasteiger partial charge in [0.25, 0.3) is 11.8 Å². The van der Waals surface area contributed by atoms with Crippen molar-refractivity contribution in [1.29, 1.82) is 0 Å². The van der Waals surface area contributed by atoms with Crippen molar-refractivity contribution in [2.24, 2.45) is 29.2 Å². The molecule has 0 saturated heterocycles. The largest absolute Gasteiger partial charge is 0.490 e. The fourth-order valence-corrected chi connectivity index (χ4v) is 10.7. The minimum absolute atomic E-state index is 0.0672. The number of hydrogen-bond donors (Lipinski definition) is 1. The summed E-state index contributed by atoms with van der Waals surface area (Å²) in [7, 11) is 2.67. The van der Waals surface area contributed by atoms with Crippen LogP contribution in [0.3, 0.4) is 0 Å². The topological polar surface area (TPSA) is 134 Å².